The van der Waals surface area contributed by atoms with Gasteiger partial charge in [0.05, 0.1) is 11.4 Å². The molecule has 4 rings (SSSR count). The van der Waals surface area contributed by atoms with E-state index in [9.17, 15) is 0 Å². The van der Waals surface area contributed by atoms with Crippen molar-refractivity contribution >= 4 is 29.6 Å². The van der Waals surface area contributed by atoms with Gasteiger partial charge in [0, 0.05) is 5.56 Å². The molecular weight excluding hydrogens is 332 g/mol. The average molecular weight is 351 g/mol. The van der Waals surface area contributed by atoms with E-state index < -0.39 is 0 Å². The molecule has 3 aromatic carbocycles. The number of anilines is 2. The maximum absolute atomic E-state index is 4.78. The number of hydrazone groups is 1. The fourth-order valence-electron chi connectivity index (χ4n) is 2.64. The smallest absolute Gasteiger partial charge is 0.178 e. The fourth-order valence-corrected chi connectivity index (χ4v) is 2.64. The molecule has 0 aromatic heterocycles. The highest BCUT2D eigenvalue weighted by Crippen LogP contribution is 2.24. The lowest BCUT2D eigenvalue weighted by atomic mass is 10.2. The van der Waals surface area contributed by atoms with Crippen LogP contribution in [-0.2, 0) is 0 Å². The number of amidine groups is 1. The summed E-state index contributed by atoms with van der Waals surface area (Å²) in [5.74, 6) is 0.863. The summed E-state index contributed by atoms with van der Waals surface area (Å²) in [4.78, 5) is 0. The number of halogens is 1. The van der Waals surface area contributed by atoms with Gasteiger partial charge in [0.2, 0.25) is 0 Å². The van der Waals surface area contributed by atoms with E-state index in [1.54, 1.807) is 5.12 Å². The van der Waals surface area contributed by atoms with Gasteiger partial charge >= 0.3 is 0 Å². The maximum Gasteiger partial charge on any atom is 0.178 e. The molecule has 0 saturated heterocycles. The lowest BCUT2D eigenvalue weighted by Gasteiger charge is -2.22. The minimum atomic E-state index is 0. The van der Waals surface area contributed by atoms with Gasteiger partial charge in [0.25, 0.3) is 0 Å². The van der Waals surface area contributed by atoms with Crippen LogP contribution in [0.3, 0.4) is 0 Å². The van der Waals surface area contributed by atoms with Crippen molar-refractivity contribution < 1.29 is 0 Å². The van der Waals surface area contributed by atoms with Crippen LogP contribution < -0.4 is 15.7 Å². The molecular formula is C20H19ClN4. The van der Waals surface area contributed by atoms with Gasteiger partial charge in [-0.3, -0.25) is 0 Å². The van der Waals surface area contributed by atoms with E-state index in [1.165, 1.54) is 5.56 Å². The molecule has 0 atom stereocenters. The minimum Gasteiger partial charge on any atom is -0.238 e. The Morgan fingerprint density at radius 1 is 0.720 bits per heavy atom. The summed E-state index contributed by atoms with van der Waals surface area (Å²) >= 11 is 0. The van der Waals surface area contributed by atoms with Crippen LogP contribution >= 0.6 is 12.4 Å². The molecule has 4 nitrogen and oxygen atoms in total. The molecule has 1 aliphatic rings. The molecule has 1 N–H and O–H groups in total. The number of hydrogen-bond donors (Lipinski definition) is 1. The monoisotopic (exact) mass is 350 g/mol. The molecule has 126 valence electrons. The zero-order valence-corrected chi connectivity index (χ0v) is 14.6. The Balaban J connectivity index is 0.00000182. The van der Waals surface area contributed by atoms with E-state index >= 15 is 0 Å². The molecule has 3 aromatic rings. The second-order valence-electron chi connectivity index (χ2n) is 5.71. The molecule has 0 unspecified atom stereocenters. The van der Waals surface area contributed by atoms with E-state index in [2.05, 4.69) is 61.0 Å². The molecule has 1 aliphatic heterocycles. The highest BCUT2D eigenvalue weighted by molar-refractivity contribution is 6.11. The predicted octanol–water partition coefficient (Wildman–Crippen LogP) is 4.52. The van der Waals surface area contributed by atoms with Crippen molar-refractivity contribution in [1.29, 1.82) is 0 Å². The van der Waals surface area contributed by atoms with Gasteiger partial charge in [0.1, 0.15) is 0 Å². The summed E-state index contributed by atoms with van der Waals surface area (Å²) in [5, 5.41) is 8.58. The number of hydrogen-bond acceptors (Lipinski definition) is 4. The minimum absolute atomic E-state index is 0. The van der Waals surface area contributed by atoms with E-state index in [4.69, 9.17) is 5.10 Å². The second-order valence-corrected chi connectivity index (χ2v) is 5.71. The standard InChI is InChI=1S/C20H18N4.ClH/c1-16-12-14-19(15-13-16)24-21-20(17-8-4-2-5-9-17)23(22-24)18-10-6-3-7-11-18;/h2-15,22H,1H3;1H. The van der Waals surface area contributed by atoms with Crippen LogP contribution in [0.25, 0.3) is 0 Å². The molecule has 0 saturated carbocycles. The molecule has 0 radical (unpaired) electrons. The summed E-state index contributed by atoms with van der Waals surface area (Å²) in [7, 11) is 0. The first-order chi connectivity index (χ1) is 11.8. The quantitative estimate of drug-likeness (QED) is 0.753. The summed E-state index contributed by atoms with van der Waals surface area (Å²) in [5.41, 5.74) is 7.67. The van der Waals surface area contributed by atoms with Gasteiger partial charge < -0.3 is 0 Å². The second kappa shape index (κ2) is 7.38. The van der Waals surface area contributed by atoms with Gasteiger partial charge in [-0.05, 0) is 31.2 Å². The largest absolute Gasteiger partial charge is 0.238 e. The van der Waals surface area contributed by atoms with E-state index in [0.29, 0.717) is 0 Å². The number of hydrazine groups is 2. The Morgan fingerprint density at radius 3 is 1.96 bits per heavy atom. The molecule has 1 heterocycles. The predicted molar refractivity (Wildman–Crippen MR) is 106 cm³/mol. The maximum atomic E-state index is 4.78. The Kier molecular flexibility index (Phi) is 5.03. The Hall–Kier alpha value is -2.82. The summed E-state index contributed by atoms with van der Waals surface area (Å²) < 4.78 is 0. The van der Waals surface area contributed by atoms with E-state index in [0.717, 1.165) is 22.8 Å². The Morgan fingerprint density at radius 2 is 1.32 bits per heavy atom. The van der Waals surface area contributed by atoms with Gasteiger partial charge in [-0.15, -0.1) is 23.0 Å². The van der Waals surface area contributed by atoms with Crippen molar-refractivity contribution in [2.45, 2.75) is 6.92 Å². The van der Waals surface area contributed by atoms with Crippen LogP contribution in [0.5, 0.6) is 0 Å². The van der Waals surface area contributed by atoms with E-state index in [-0.39, 0.29) is 12.4 Å². The SMILES string of the molecule is Cc1ccc(N2N=C(c3ccccc3)N(c3ccccc3)N2)cc1.Cl. The third-order valence-electron chi connectivity index (χ3n) is 3.93. The van der Waals surface area contributed by atoms with Crippen molar-refractivity contribution in [3.8, 4) is 0 Å². The Bertz CT molecular complexity index is 848. The topological polar surface area (TPSA) is 30.9 Å². The number of nitrogens with one attached hydrogen (secondary N) is 1. The zero-order valence-electron chi connectivity index (χ0n) is 13.8. The first kappa shape index (κ1) is 17.0. The van der Waals surface area contributed by atoms with Crippen molar-refractivity contribution in [2.24, 2.45) is 5.10 Å². The lowest BCUT2D eigenvalue weighted by molar-refractivity contribution is 0.718. The number of benzene rings is 3. The highest BCUT2D eigenvalue weighted by atomic mass is 35.5. The van der Waals surface area contributed by atoms with Gasteiger partial charge in [-0.1, -0.05) is 66.2 Å². The van der Waals surface area contributed by atoms with Crippen LogP contribution in [0.1, 0.15) is 11.1 Å². The van der Waals surface area contributed by atoms with Crippen LogP contribution in [0.15, 0.2) is 90.0 Å². The molecule has 25 heavy (non-hydrogen) atoms. The van der Waals surface area contributed by atoms with Crippen LogP contribution in [0.4, 0.5) is 11.4 Å². The van der Waals surface area contributed by atoms with Crippen molar-refractivity contribution in [3.05, 3.63) is 96.1 Å². The third-order valence-corrected chi connectivity index (χ3v) is 3.93. The molecule has 0 fully saturated rings. The summed E-state index contributed by atoms with van der Waals surface area (Å²) in [6.07, 6.45) is 0. The molecule has 0 aliphatic carbocycles. The first-order valence-electron chi connectivity index (χ1n) is 7.93. The molecule has 0 spiro atoms. The number of para-hydroxylation sites is 1. The Labute approximate surface area is 153 Å². The van der Waals surface area contributed by atoms with E-state index in [1.807, 2.05) is 41.4 Å². The number of aryl methyl sites for hydroxylation is 1. The molecule has 0 bridgehead atoms. The number of nitrogens with zero attached hydrogens (tertiary/aromatic N) is 3. The third kappa shape index (κ3) is 3.50. The summed E-state index contributed by atoms with van der Waals surface area (Å²) in [6.45, 7) is 2.08. The van der Waals surface area contributed by atoms with Gasteiger partial charge in [-0.2, -0.15) is 5.12 Å². The van der Waals surface area contributed by atoms with Crippen molar-refractivity contribution in [2.75, 3.05) is 10.1 Å². The molecule has 5 heteroatoms. The summed E-state index contributed by atoms with van der Waals surface area (Å²) in [6, 6.07) is 28.6. The zero-order chi connectivity index (χ0) is 16.4. The van der Waals surface area contributed by atoms with Crippen molar-refractivity contribution in [3.63, 3.8) is 0 Å². The van der Waals surface area contributed by atoms with Crippen molar-refractivity contribution in [1.82, 2.24) is 5.53 Å². The van der Waals surface area contributed by atoms with Crippen LogP contribution in [-0.4, -0.2) is 5.84 Å². The number of rotatable bonds is 3. The lowest BCUT2D eigenvalue weighted by Crippen LogP contribution is -2.43. The van der Waals surface area contributed by atoms with Gasteiger partial charge in [0.15, 0.2) is 5.84 Å². The first-order valence-corrected chi connectivity index (χ1v) is 7.93. The highest BCUT2D eigenvalue weighted by Gasteiger charge is 2.26. The molecule has 0 amide bonds. The average Bonchev–Trinajstić information content (AvgIpc) is 3.09. The fraction of sp³-hybridized carbons (Fsp3) is 0.0500. The van der Waals surface area contributed by atoms with Gasteiger partial charge in [-0.25, -0.2) is 5.01 Å². The normalized spacial score (nSPS) is 13.4. The van der Waals surface area contributed by atoms with Crippen LogP contribution in [0.2, 0.25) is 0 Å². The van der Waals surface area contributed by atoms with Crippen LogP contribution in [0, 0.1) is 6.92 Å².